The topological polar surface area (TPSA) is 43.4 Å². The molecule has 4 heteroatoms. The molecule has 0 aliphatic heterocycles. The Morgan fingerprint density at radius 2 is 1.90 bits per heavy atom. The number of hydrogen-bond acceptors (Lipinski definition) is 4. The van der Waals surface area contributed by atoms with E-state index in [1.165, 1.54) is 5.56 Å². The molecule has 1 aromatic rings. The molecule has 0 amide bonds. The van der Waals surface area contributed by atoms with E-state index in [1.54, 1.807) is 7.11 Å². The van der Waals surface area contributed by atoms with Crippen molar-refractivity contribution in [3.8, 4) is 5.88 Å². The van der Waals surface area contributed by atoms with E-state index in [0.717, 1.165) is 18.8 Å². The summed E-state index contributed by atoms with van der Waals surface area (Å²) in [6, 6.07) is 4.18. The van der Waals surface area contributed by atoms with Crippen molar-refractivity contribution in [3.05, 3.63) is 23.4 Å². The van der Waals surface area contributed by atoms with Gasteiger partial charge in [-0.1, -0.05) is 34.6 Å². The highest BCUT2D eigenvalue weighted by Gasteiger charge is 2.17. The van der Waals surface area contributed by atoms with Crippen molar-refractivity contribution in [1.82, 2.24) is 10.3 Å². The van der Waals surface area contributed by atoms with Crippen LogP contribution in [0.1, 0.15) is 45.9 Å². The first-order valence-electron chi connectivity index (χ1n) is 7.67. The number of ether oxygens (including phenoxy) is 2. The predicted octanol–water partition coefficient (Wildman–Crippen LogP) is 3.15. The van der Waals surface area contributed by atoms with Crippen molar-refractivity contribution in [2.24, 2.45) is 5.92 Å². The monoisotopic (exact) mass is 294 g/mol. The molecule has 120 valence electrons. The number of pyridine rings is 1. The maximum atomic E-state index is 5.69. The molecule has 0 aliphatic carbocycles. The highest BCUT2D eigenvalue weighted by atomic mass is 16.5. The molecular formula is C17H30N2O2. The van der Waals surface area contributed by atoms with Crippen LogP contribution in [0.3, 0.4) is 0 Å². The lowest BCUT2D eigenvalue weighted by Crippen LogP contribution is -2.20. The van der Waals surface area contributed by atoms with E-state index in [4.69, 9.17) is 9.47 Å². The van der Waals surface area contributed by atoms with Crippen LogP contribution in [-0.4, -0.2) is 31.9 Å². The minimum absolute atomic E-state index is 0.00737. The maximum absolute atomic E-state index is 5.69. The second kappa shape index (κ2) is 8.35. The van der Waals surface area contributed by atoms with Gasteiger partial charge in [-0.15, -0.1) is 0 Å². The van der Waals surface area contributed by atoms with Crippen LogP contribution in [-0.2, 0) is 16.7 Å². The molecule has 0 unspecified atom stereocenters. The van der Waals surface area contributed by atoms with Crippen molar-refractivity contribution < 1.29 is 9.47 Å². The summed E-state index contributed by atoms with van der Waals surface area (Å²) in [5.41, 5.74) is 2.27. The van der Waals surface area contributed by atoms with Crippen molar-refractivity contribution >= 4 is 0 Å². The van der Waals surface area contributed by atoms with Crippen LogP contribution in [0, 0.1) is 5.92 Å². The SMILES string of the molecule is COCCOc1cc(CNCC(C)C)cc(C(C)(C)C)n1. The summed E-state index contributed by atoms with van der Waals surface area (Å²) >= 11 is 0. The van der Waals surface area contributed by atoms with Gasteiger partial charge in [-0.3, -0.25) is 0 Å². The van der Waals surface area contributed by atoms with E-state index in [1.807, 2.05) is 6.07 Å². The molecule has 0 saturated heterocycles. The Hall–Kier alpha value is -1.13. The molecule has 0 spiro atoms. The van der Waals surface area contributed by atoms with Gasteiger partial charge < -0.3 is 14.8 Å². The van der Waals surface area contributed by atoms with Gasteiger partial charge in [0.25, 0.3) is 0 Å². The molecule has 0 radical (unpaired) electrons. The number of rotatable bonds is 8. The number of hydrogen-bond donors (Lipinski definition) is 1. The quantitative estimate of drug-likeness (QED) is 0.748. The molecule has 0 saturated carbocycles. The van der Waals surface area contributed by atoms with Gasteiger partial charge >= 0.3 is 0 Å². The van der Waals surface area contributed by atoms with Gasteiger partial charge in [-0.25, -0.2) is 4.98 Å². The molecule has 0 bridgehead atoms. The van der Waals surface area contributed by atoms with Crippen LogP contribution < -0.4 is 10.1 Å². The van der Waals surface area contributed by atoms with Crippen LogP contribution in [0.25, 0.3) is 0 Å². The smallest absolute Gasteiger partial charge is 0.213 e. The molecule has 4 nitrogen and oxygen atoms in total. The highest BCUT2D eigenvalue weighted by molar-refractivity contribution is 5.28. The summed E-state index contributed by atoms with van der Waals surface area (Å²) in [7, 11) is 1.67. The fraction of sp³-hybridized carbons (Fsp3) is 0.706. The van der Waals surface area contributed by atoms with Crippen molar-refractivity contribution in [2.45, 2.75) is 46.6 Å². The summed E-state index contributed by atoms with van der Waals surface area (Å²) in [5.74, 6) is 1.33. The summed E-state index contributed by atoms with van der Waals surface area (Å²) in [5, 5.41) is 3.47. The van der Waals surface area contributed by atoms with E-state index in [-0.39, 0.29) is 5.41 Å². The van der Waals surface area contributed by atoms with Crippen molar-refractivity contribution in [2.75, 3.05) is 26.9 Å². The van der Waals surface area contributed by atoms with Gasteiger partial charge in [0.2, 0.25) is 5.88 Å². The van der Waals surface area contributed by atoms with Gasteiger partial charge in [-0.2, -0.15) is 0 Å². The first kappa shape index (κ1) is 17.9. The average molecular weight is 294 g/mol. The van der Waals surface area contributed by atoms with E-state index in [2.05, 4.69) is 51.0 Å². The summed E-state index contributed by atoms with van der Waals surface area (Å²) in [6.45, 7) is 13.9. The van der Waals surface area contributed by atoms with Crippen LogP contribution in [0.15, 0.2) is 12.1 Å². The number of methoxy groups -OCH3 is 1. The normalized spacial score (nSPS) is 12.0. The Morgan fingerprint density at radius 1 is 1.19 bits per heavy atom. The first-order valence-corrected chi connectivity index (χ1v) is 7.67. The van der Waals surface area contributed by atoms with Gasteiger partial charge in [0.05, 0.1) is 12.3 Å². The highest BCUT2D eigenvalue weighted by Crippen LogP contribution is 2.24. The minimum Gasteiger partial charge on any atom is -0.475 e. The number of nitrogens with one attached hydrogen (secondary N) is 1. The Labute approximate surface area is 129 Å². The molecule has 1 heterocycles. The Bertz CT molecular complexity index is 425. The van der Waals surface area contributed by atoms with Gasteiger partial charge in [0.1, 0.15) is 6.61 Å². The van der Waals surface area contributed by atoms with Crippen molar-refractivity contribution in [1.29, 1.82) is 0 Å². The third-order valence-electron chi connectivity index (χ3n) is 3.05. The van der Waals surface area contributed by atoms with E-state index in [9.17, 15) is 0 Å². The Balaban J connectivity index is 2.82. The van der Waals surface area contributed by atoms with E-state index in [0.29, 0.717) is 25.0 Å². The summed E-state index contributed by atoms with van der Waals surface area (Å²) in [4.78, 5) is 4.61. The summed E-state index contributed by atoms with van der Waals surface area (Å²) in [6.07, 6.45) is 0. The average Bonchev–Trinajstić information content (AvgIpc) is 2.37. The number of nitrogens with zero attached hydrogens (tertiary/aromatic N) is 1. The van der Waals surface area contributed by atoms with Crippen LogP contribution in [0.4, 0.5) is 0 Å². The maximum Gasteiger partial charge on any atom is 0.213 e. The van der Waals surface area contributed by atoms with Crippen LogP contribution in [0.2, 0.25) is 0 Å². The predicted molar refractivity (Wildman–Crippen MR) is 86.9 cm³/mol. The fourth-order valence-electron chi connectivity index (χ4n) is 1.85. The second-order valence-electron chi connectivity index (χ2n) is 6.81. The standard InChI is InChI=1S/C17H30N2O2/c1-13(2)11-18-12-14-9-15(17(3,4)5)19-16(10-14)21-8-7-20-6/h9-10,13,18H,7-8,11-12H2,1-6H3. The molecule has 0 atom stereocenters. The fourth-order valence-corrected chi connectivity index (χ4v) is 1.85. The molecule has 0 fully saturated rings. The zero-order chi connectivity index (χ0) is 15.9. The van der Waals surface area contributed by atoms with E-state index < -0.39 is 0 Å². The van der Waals surface area contributed by atoms with E-state index >= 15 is 0 Å². The lowest BCUT2D eigenvalue weighted by molar-refractivity contribution is 0.143. The lowest BCUT2D eigenvalue weighted by atomic mass is 9.91. The molecule has 21 heavy (non-hydrogen) atoms. The second-order valence-corrected chi connectivity index (χ2v) is 6.81. The minimum atomic E-state index is 0.00737. The Morgan fingerprint density at radius 3 is 2.48 bits per heavy atom. The largest absolute Gasteiger partial charge is 0.475 e. The zero-order valence-electron chi connectivity index (χ0n) is 14.3. The van der Waals surface area contributed by atoms with Gasteiger partial charge in [0.15, 0.2) is 0 Å². The molecule has 0 aromatic carbocycles. The molecule has 0 aliphatic rings. The first-order chi connectivity index (χ1) is 9.82. The number of aromatic nitrogens is 1. The molecular weight excluding hydrogens is 264 g/mol. The molecule has 1 rings (SSSR count). The van der Waals surface area contributed by atoms with Gasteiger partial charge in [0, 0.05) is 25.1 Å². The zero-order valence-corrected chi connectivity index (χ0v) is 14.3. The lowest BCUT2D eigenvalue weighted by Gasteiger charge is -2.20. The third kappa shape index (κ3) is 6.91. The van der Waals surface area contributed by atoms with Crippen molar-refractivity contribution in [3.63, 3.8) is 0 Å². The molecule has 1 aromatic heterocycles. The van der Waals surface area contributed by atoms with Gasteiger partial charge in [-0.05, 0) is 24.1 Å². The third-order valence-corrected chi connectivity index (χ3v) is 3.05. The summed E-state index contributed by atoms with van der Waals surface area (Å²) < 4.78 is 10.7. The molecule has 1 N–H and O–H groups in total. The van der Waals surface area contributed by atoms with Crippen LogP contribution >= 0.6 is 0 Å². The Kier molecular flexibility index (Phi) is 7.12. The van der Waals surface area contributed by atoms with Crippen LogP contribution in [0.5, 0.6) is 5.88 Å².